The van der Waals surface area contributed by atoms with Crippen molar-refractivity contribution in [2.45, 2.75) is 45.1 Å². The number of rotatable bonds is 2. The van der Waals surface area contributed by atoms with Crippen LogP contribution in [-0.2, 0) is 0 Å². The molecule has 1 aliphatic carbocycles. The van der Waals surface area contributed by atoms with Crippen molar-refractivity contribution >= 4 is 0 Å². The van der Waals surface area contributed by atoms with Crippen LogP contribution >= 0.6 is 0 Å². The second-order valence-corrected chi connectivity index (χ2v) is 5.32. The highest BCUT2D eigenvalue weighted by Crippen LogP contribution is 2.45. The quantitative estimate of drug-likeness (QED) is 0.829. The Bertz CT molecular complexity index is 377. The Kier molecular flexibility index (Phi) is 3.48. The number of aliphatic hydroxyl groups is 1. The van der Waals surface area contributed by atoms with Crippen LogP contribution in [0, 0.1) is 17.0 Å². The Morgan fingerprint density at radius 1 is 1.06 bits per heavy atom. The lowest BCUT2D eigenvalue weighted by atomic mass is 9.70. The maximum absolute atomic E-state index is 13.1. The summed E-state index contributed by atoms with van der Waals surface area (Å²) < 4.78 is 26.3. The van der Waals surface area contributed by atoms with Gasteiger partial charge in [-0.25, -0.2) is 8.78 Å². The topological polar surface area (TPSA) is 20.2 Å². The van der Waals surface area contributed by atoms with Crippen molar-refractivity contribution in [2.24, 2.45) is 5.41 Å². The predicted octanol–water partition coefficient (Wildman–Crippen LogP) is 3.97. The van der Waals surface area contributed by atoms with Gasteiger partial charge < -0.3 is 5.11 Å². The van der Waals surface area contributed by atoms with Gasteiger partial charge in [0.15, 0.2) is 0 Å². The first-order valence-electron chi connectivity index (χ1n) is 6.15. The highest BCUT2D eigenvalue weighted by Gasteiger charge is 2.35. The van der Waals surface area contributed by atoms with Crippen molar-refractivity contribution in [1.82, 2.24) is 0 Å². The average Bonchev–Trinajstić information content (AvgIpc) is 2.27. The number of benzene rings is 1. The molecular weight excluding hydrogens is 222 g/mol. The molecule has 1 unspecified atom stereocenters. The largest absolute Gasteiger partial charge is 0.388 e. The van der Waals surface area contributed by atoms with Crippen LogP contribution in [0.4, 0.5) is 8.78 Å². The zero-order valence-electron chi connectivity index (χ0n) is 10.0. The SMILES string of the molecule is CC1(C(O)c2cc(F)cc(F)c2)CCCCC1. The van der Waals surface area contributed by atoms with Gasteiger partial charge in [0, 0.05) is 6.07 Å². The van der Waals surface area contributed by atoms with Gasteiger partial charge in [0.1, 0.15) is 11.6 Å². The molecule has 0 bridgehead atoms. The van der Waals surface area contributed by atoms with E-state index in [1.165, 1.54) is 18.6 Å². The van der Waals surface area contributed by atoms with E-state index in [2.05, 4.69) is 0 Å². The van der Waals surface area contributed by atoms with Crippen LogP contribution in [0.1, 0.15) is 50.7 Å². The van der Waals surface area contributed by atoms with Gasteiger partial charge in [-0.2, -0.15) is 0 Å². The third-order valence-electron chi connectivity index (χ3n) is 3.86. The van der Waals surface area contributed by atoms with Crippen LogP contribution in [-0.4, -0.2) is 5.11 Å². The fourth-order valence-corrected chi connectivity index (χ4v) is 2.77. The second kappa shape index (κ2) is 4.73. The van der Waals surface area contributed by atoms with E-state index in [0.717, 1.165) is 31.7 Å². The van der Waals surface area contributed by atoms with Crippen molar-refractivity contribution in [3.63, 3.8) is 0 Å². The van der Waals surface area contributed by atoms with E-state index in [1.807, 2.05) is 6.92 Å². The minimum atomic E-state index is -0.784. The molecule has 1 fully saturated rings. The molecule has 1 nitrogen and oxygen atoms in total. The third kappa shape index (κ3) is 2.65. The predicted molar refractivity (Wildman–Crippen MR) is 62.5 cm³/mol. The molecule has 1 N–H and O–H groups in total. The van der Waals surface area contributed by atoms with Crippen LogP contribution in [0.2, 0.25) is 0 Å². The molecule has 3 heteroatoms. The monoisotopic (exact) mass is 240 g/mol. The number of hydrogen-bond donors (Lipinski definition) is 1. The van der Waals surface area contributed by atoms with Crippen LogP contribution < -0.4 is 0 Å². The van der Waals surface area contributed by atoms with E-state index in [-0.39, 0.29) is 5.41 Å². The van der Waals surface area contributed by atoms with Gasteiger partial charge >= 0.3 is 0 Å². The molecule has 0 radical (unpaired) electrons. The zero-order valence-corrected chi connectivity index (χ0v) is 10.0. The van der Waals surface area contributed by atoms with Gasteiger partial charge in [0.2, 0.25) is 0 Å². The summed E-state index contributed by atoms with van der Waals surface area (Å²) in [6, 6.07) is 3.29. The number of halogens is 2. The van der Waals surface area contributed by atoms with Gasteiger partial charge in [0.25, 0.3) is 0 Å². The van der Waals surface area contributed by atoms with Crippen LogP contribution in [0.15, 0.2) is 18.2 Å². The Morgan fingerprint density at radius 2 is 1.59 bits per heavy atom. The van der Waals surface area contributed by atoms with E-state index >= 15 is 0 Å². The summed E-state index contributed by atoms with van der Waals surface area (Å²) in [5.74, 6) is -1.25. The third-order valence-corrected chi connectivity index (χ3v) is 3.86. The van der Waals surface area contributed by atoms with Crippen LogP contribution in [0.3, 0.4) is 0 Å². The van der Waals surface area contributed by atoms with Gasteiger partial charge in [-0.3, -0.25) is 0 Å². The smallest absolute Gasteiger partial charge is 0.126 e. The molecule has 2 rings (SSSR count). The molecule has 0 aliphatic heterocycles. The summed E-state index contributed by atoms with van der Waals surface area (Å²) in [7, 11) is 0. The van der Waals surface area contributed by atoms with Crippen molar-refractivity contribution < 1.29 is 13.9 Å². The minimum Gasteiger partial charge on any atom is -0.388 e. The van der Waals surface area contributed by atoms with Crippen molar-refractivity contribution in [3.05, 3.63) is 35.4 Å². The summed E-state index contributed by atoms with van der Waals surface area (Å²) in [6.45, 7) is 2.00. The number of aliphatic hydroxyl groups excluding tert-OH is 1. The molecule has 0 amide bonds. The molecule has 0 heterocycles. The van der Waals surface area contributed by atoms with Gasteiger partial charge in [-0.1, -0.05) is 26.2 Å². The van der Waals surface area contributed by atoms with E-state index in [1.54, 1.807) is 0 Å². The fraction of sp³-hybridized carbons (Fsp3) is 0.571. The summed E-state index contributed by atoms with van der Waals surface area (Å²) in [4.78, 5) is 0. The van der Waals surface area contributed by atoms with Gasteiger partial charge in [0.05, 0.1) is 6.10 Å². The molecular formula is C14H18F2O. The molecule has 0 spiro atoms. The lowest BCUT2D eigenvalue weighted by molar-refractivity contribution is 0.00781. The highest BCUT2D eigenvalue weighted by molar-refractivity contribution is 5.22. The lowest BCUT2D eigenvalue weighted by Crippen LogP contribution is -2.28. The zero-order chi connectivity index (χ0) is 12.5. The summed E-state index contributed by atoms with van der Waals surface area (Å²) in [5, 5.41) is 10.3. The van der Waals surface area contributed by atoms with Gasteiger partial charge in [-0.05, 0) is 36.0 Å². The minimum absolute atomic E-state index is 0.252. The van der Waals surface area contributed by atoms with E-state index in [9.17, 15) is 13.9 Å². The lowest BCUT2D eigenvalue weighted by Gasteiger charge is -2.38. The average molecular weight is 240 g/mol. The van der Waals surface area contributed by atoms with Crippen molar-refractivity contribution in [2.75, 3.05) is 0 Å². The molecule has 0 aromatic heterocycles. The Labute approximate surface area is 100 Å². The van der Waals surface area contributed by atoms with Crippen molar-refractivity contribution in [3.8, 4) is 0 Å². The Morgan fingerprint density at radius 3 is 2.12 bits per heavy atom. The second-order valence-electron chi connectivity index (χ2n) is 5.32. The molecule has 1 atom stereocenters. The van der Waals surface area contributed by atoms with Crippen LogP contribution in [0.5, 0.6) is 0 Å². The maximum atomic E-state index is 13.1. The van der Waals surface area contributed by atoms with E-state index in [0.29, 0.717) is 5.56 Å². The Balaban J connectivity index is 2.26. The molecule has 1 aromatic rings. The highest BCUT2D eigenvalue weighted by atomic mass is 19.1. The van der Waals surface area contributed by atoms with E-state index in [4.69, 9.17) is 0 Å². The molecule has 1 saturated carbocycles. The fourth-order valence-electron chi connectivity index (χ4n) is 2.77. The van der Waals surface area contributed by atoms with Crippen LogP contribution in [0.25, 0.3) is 0 Å². The van der Waals surface area contributed by atoms with E-state index < -0.39 is 17.7 Å². The van der Waals surface area contributed by atoms with Gasteiger partial charge in [-0.15, -0.1) is 0 Å². The standard InChI is InChI=1S/C14H18F2O/c1-14(5-3-2-4-6-14)13(17)10-7-11(15)9-12(16)8-10/h7-9,13,17H,2-6H2,1H3. The molecule has 17 heavy (non-hydrogen) atoms. The first-order valence-corrected chi connectivity index (χ1v) is 6.15. The first kappa shape index (κ1) is 12.5. The number of hydrogen-bond acceptors (Lipinski definition) is 1. The molecule has 94 valence electrons. The Hall–Kier alpha value is -0.960. The summed E-state index contributed by atoms with van der Waals surface area (Å²) in [5.41, 5.74) is 0.102. The van der Waals surface area contributed by atoms with Crippen molar-refractivity contribution in [1.29, 1.82) is 0 Å². The molecule has 0 saturated heterocycles. The molecule has 1 aromatic carbocycles. The summed E-state index contributed by atoms with van der Waals surface area (Å²) >= 11 is 0. The maximum Gasteiger partial charge on any atom is 0.126 e. The first-order chi connectivity index (χ1) is 8.01. The summed E-state index contributed by atoms with van der Waals surface area (Å²) in [6.07, 6.45) is 4.36. The normalized spacial score (nSPS) is 21.2. The molecule has 1 aliphatic rings.